The Balaban J connectivity index is 3.51. The molecule has 0 bridgehead atoms. The molecule has 0 aromatic carbocycles. The van der Waals surface area contributed by atoms with Crippen molar-refractivity contribution in [3.05, 3.63) is 0 Å². The fourth-order valence-corrected chi connectivity index (χ4v) is 1.32. The van der Waals surface area contributed by atoms with E-state index >= 15 is 0 Å². The first-order chi connectivity index (χ1) is 7.63. The average molecular weight is 250 g/mol. The first kappa shape index (κ1) is 15.2. The van der Waals surface area contributed by atoms with Gasteiger partial charge >= 0.3 is 6.03 Å². The number of urea groups is 1. The fraction of sp³-hybridized carbons (Fsp3) is 0.800. The molecule has 6 heteroatoms. The molecular weight excluding hydrogens is 230 g/mol. The van der Waals surface area contributed by atoms with Gasteiger partial charge in [0.2, 0.25) is 5.91 Å². The van der Waals surface area contributed by atoms with E-state index in [4.69, 9.17) is 11.6 Å². The Hall–Kier alpha value is -0.810. The smallest absolute Gasteiger partial charge is 0.321 e. The second-order valence-corrected chi connectivity index (χ2v) is 3.59. The zero-order chi connectivity index (χ0) is 12.4. The summed E-state index contributed by atoms with van der Waals surface area (Å²) in [6.07, 6.45) is 0.865. The zero-order valence-corrected chi connectivity index (χ0v) is 10.6. The molecule has 0 heterocycles. The summed E-state index contributed by atoms with van der Waals surface area (Å²) < 4.78 is 0. The van der Waals surface area contributed by atoms with Crippen LogP contribution in [0.15, 0.2) is 0 Å². The molecule has 16 heavy (non-hydrogen) atoms. The molecule has 0 rings (SSSR count). The first-order valence-corrected chi connectivity index (χ1v) is 6.03. The van der Waals surface area contributed by atoms with Crippen LogP contribution in [0, 0.1) is 0 Å². The van der Waals surface area contributed by atoms with Crippen molar-refractivity contribution in [2.45, 2.75) is 20.3 Å². The number of carbonyl (C=O) groups excluding carboxylic acids is 2. The van der Waals surface area contributed by atoms with Gasteiger partial charge in [0, 0.05) is 6.54 Å². The van der Waals surface area contributed by atoms with E-state index in [2.05, 4.69) is 29.4 Å². The number of alkyl halides is 1. The van der Waals surface area contributed by atoms with Gasteiger partial charge in [-0.3, -0.25) is 10.1 Å². The lowest BCUT2D eigenvalue weighted by molar-refractivity contribution is -0.117. The SMILES string of the molecule is CCN(CC)CCCNC(=O)NC(=O)CCl. The topological polar surface area (TPSA) is 61.4 Å². The van der Waals surface area contributed by atoms with Crippen molar-refractivity contribution in [2.24, 2.45) is 0 Å². The van der Waals surface area contributed by atoms with E-state index in [0.717, 1.165) is 26.1 Å². The summed E-state index contributed by atoms with van der Waals surface area (Å²) >= 11 is 5.24. The highest BCUT2D eigenvalue weighted by Gasteiger charge is 2.05. The van der Waals surface area contributed by atoms with Crippen molar-refractivity contribution >= 4 is 23.5 Å². The molecular formula is C10H20ClN3O2. The Kier molecular flexibility index (Phi) is 8.94. The summed E-state index contributed by atoms with van der Waals surface area (Å²) in [4.78, 5) is 24.1. The number of imide groups is 1. The van der Waals surface area contributed by atoms with Gasteiger partial charge in [0.25, 0.3) is 0 Å². The minimum absolute atomic E-state index is 0.202. The van der Waals surface area contributed by atoms with Crippen LogP contribution in [-0.2, 0) is 4.79 Å². The monoisotopic (exact) mass is 249 g/mol. The lowest BCUT2D eigenvalue weighted by atomic mass is 10.3. The number of halogens is 1. The van der Waals surface area contributed by atoms with Gasteiger partial charge in [0.15, 0.2) is 0 Å². The van der Waals surface area contributed by atoms with Crippen LogP contribution in [0.5, 0.6) is 0 Å². The summed E-state index contributed by atoms with van der Waals surface area (Å²) in [7, 11) is 0. The molecule has 0 aliphatic heterocycles. The van der Waals surface area contributed by atoms with Gasteiger partial charge < -0.3 is 10.2 Å². The predicted octanol–water partition coefficient (Wildman–Crippen LogP) is 0.783. The molecule has 3 amide bonds. The van der Waals surface area contributed by atoms with Crippen LogP contribution in [0.3, 0.4) is 0 Å². The van der Waals surface area contributed by atoms with Gasteiger partial charge in [-0.15, -0.1) is 11.6 Å². The molecule has 0 radical (unpaired) electrons. The third-order valence-corrected chi connectivity index (χ3v) is 2.45. The van der Waals surface area contributed by atoms with Crippen molar-refractivity contribution < 1.29 is 9.59 Å². The number of carbonyl (C=O) groups is 2. The Morgan fingerprint density at radius 3 is 2.38 bits per heavy atom. The third-order valence-electron chi connectivity index (χ3n) is 2.21. The molecule has 0 unspecified atom stereocenters. The van der Waals surface area contributed by atoms with E-state index in [1.54, 1.807) is 0 Å². The van der Waals surface area contributed by atoms with Crippen LogP contribution in [0.25, 0.3) is 0 Å². The lowest BCUT2D eigenvalue weighted by Gasteiger charge is -2.17. The minimum atomic E-state index is -0.483. The third kappa shape index (κ3) is 7.48. The van der Waals surface area contributed by atoms with E-state index in [-0.39, 0.29) is 5.88 Å². The van der Waals surface area contributed by atoms with Gasteiger partial charge in [-0.1, -0.05) is 13.8 Å². The average Bonchev–Trinajstić information content (AvgIpc) is 2.29. The van der Waals surface area contributed by atoms with Gasteiger partial charge in [-0.2, -0.15) is 0 Å². The summed E-state index contributed by atoms with van der Waals surface area (Å²) in [6.45, 7) is 7.71. The maximum Gasteiger partial charge on any atom is 0.321 e. The first-order valence-electron chi connectivity index (χ1n) is 5.50. The van der Waals surface area contributed by atoms with E-state index in [9.17, 15) is 9.59 Å². The number of rotatable bonds is 7. The highest BCUT2D eigenvalue weighted by molar-refractivity contribution is 6.28. The minimum Gasteiger partial charge on any atom is -0.338 e. The molecule has 0 spiro atoms. The highest BCUT2D eigenvalue weighted by Crippen LogP contribution is 1.89. The highest BCUT2D eigenvalue weighted by atomic mass is 35.5. The Labute approximate surface area is 102 Å². The van der Waals surface area contributed by atoms with Crippen molar-refractivity contribution in [1.82, 2.24) is 15.5 Å². The van der Waals surface area contributed by atoms with Crippen molar-refractivity contribution in [3.8, 4) is 0 Å². The Bertz CT molecular complexity index is 220. The number of nitrogens with one attached hydrogen (secondary N) is 2. The molecule has 0 aliphatic rings. The lowest BCUT2D eigenvalue weighted by Crippen LogP contribution is -2.41. The molecule has 0 saturated heterocycles. The molecule has 0 saturated carbocycles. The van der Waals surface area contributed by atoms with Crippen LogP contribution >= 0.6 is 11.6 Å². The molecule has 0 aromatic heterocycles. The van der Waals surface area contributed by atoms with Crippen LogP contribution in [-0.4, -0.2) is 48.9 Å². The molecule has 5 nitrogen and oxygen atoms in total. The van der Waals surface area contributed by atoms with E-state index < -0.39 is 11.9 Å². The van der Waals surface area contributed by atoms with Gasteiger partial charge in [0.1, 0.15) is 5.88 Å². The summed E-state index contributed by atoms with van der Waals surface area (Å²) in [5, 5.41) is 4.71. The fourth-order valence-electron chi connectivity index (χ4n) is 1.25. The zero-order valence-electron chi connectivity index (χ0n) is 9.88. The number of hydrogen-bond donors (Lipinski definition) is 2. The number of hydrogen-bond acceptors (Lipinski definition) is 3. The van der Waals surface area contributed by atoms with Crippen molar-refractivity contribution in [1.29, 1.82) is 0 Å². The molecule has 2 N–H and O–H groups in total. The second kappa shape index (κ2) is 9.42. The van der Waals surface area contributed by atoms with Gasteiger partial charge in [0.05, 0.1) is 0 Å². The summed E-state index contributed by atoms with van der Waals surface area (Å²) in [6, 6.07) is -0.481. The molecule has 0 fully saturated rings. The van der Waals surface area contributed by atoms with Crippen molar-refractivity contribution in [3.63, 3.8) is 0 Å². The van der Waals surface area contributed by atoms with Crippen LogP contribution in [0.2, 0.25) is 0 Å². The largest absolute Gasteiger partial charge is 0.338 e. The van der Waals surface area contributed by atoms with E-state index in [0.29, 0.717) is 6.54 Å². The second-order valence-electron chi connectivity index (χ2n) is 3.32. The standard InChI is InChI=1S/C10H20ClN3O2/c1-3-14(4-2)7-5-6-12-10(16)13-9(15)8-11/h3-8H2,1-2H3,(H2,12,13,15,16). The van der Waals surface area contributed by atoms with Crippen LogP contribution in [0.4, 0.5) is 4.79 Å². The van der Waals surface area contributed by atoms with Crippen LogP contribution < -0.4 is 10.6 Å². The summed E-state index contributed by atoms with van der Waals surface area (Å²) in [5.74, 6) is -0.685. The number of nitrogens with zero attached hydrogens (tertiary/aromatic N) is 1. The maximum atomic E-state index is 11.1. The Morgan fingerprint density at radius 2 is 1.88 bits per heavy atom. The normalized spacial score (nSPS) is 10.2. The molecule has 94 valence electrons. The maximum absolute atomic E-state index is 11.1. The molecule has 0 aliphatic carbocycles. The van der Waals surface area contributed by atoms with E-state index in [1.165, 1.54) is 0 Å². The van der Waals surface area contributed by atoms with Gasteiger partial charge in [-0.05, 0) is 26.1 Å². The predicted molar refractivity (Wildman–Crippen MR) is 64.7 cm³/mol. The van der Waals surface area contributed by atoms with Gasteiger partial charge in [-0.25, -0.2) is 4.79 Å². The van der Waals surface area contributed by atoms with E-state index in [1.807, 2.05) is 0 Å². The molecule has 0 aromatic rings. The quantitative estimate of drug-likeness (QED) is 0.518. The van der Waals surface area contributed by atoms with Crippen LogP contribution in [0.1, 0.15) is 20.3 Å². The van der Waals surface area contributed by atoms with Crippen molar-refractivity contribution in [2.75, 3.05) is 32.1 Å². The summed E-state index contributed by atoms with van der Waals surface area (Å²) in [5.41, 5.74) is 0. The Morgan fingerprint density at radius 1 is 1.25 bits per heavy atom. The number of amides is 3. The molecule has 0 atom stereocenters.